The molecule has 1 aromatic carbocycles. The minimum Gasteiger partial charge on any atom is -0.480 e. The van der Waals surface area contributed by atoms with Crippen LogP contribution in [0.2, 0.25) is 0 Å². The highest BCUT2D eigenvalue weighted by Gasteiger charge is 2.33. The molecule has 0 saturated carbocycles. The van der Waals surface area contributed by atoms with Crippen molar-refractivity contribution >= 4 is 34.6 Å². The number of carbonyl (C=O) groups excluding carboxylic acids is 3. The van der Waals surface area contributed by atoms with Gasteiger partial charge in [-0.2, -0.15) is 0 Å². The Hall–Kier alpha value is -3.48. The fourth-order valence-corrected chi connectivity index (χ4v) is 3.97. The van der Waals surface area contributed by atoms with Crippen LogP contribution in [0, 0.1) is 5.92 Å². The van der Waals surface area contributed by atoms with Crippen molar-refractivity contribution in [2.24, 2.45) is 17.4 Å². The molecule has 2 aromatic rings. The number of nitrogens with two attached hydrogens (primary N) is 2. The monoisotopic (exact) mass is 532 g/mol. The molecule has 0 aliphatic rings. The molecule has 1 heterocycles. The fourth-order valence-electron chi connectivity index (χ4n) is 3.97. The summed E-state index contributed by atoms with van der Waals surface area (Å²) in [6.45, 7) is 5.19. The van der Waals surface area contributed by atoms with Gasteiger partial charge in [-0.25, -0.2) is 4.79 Å². The first-order valence-electron chi connectivity index (χ1n) is 12.8. The van der Waals surface area contributed by atoms with E-state index >= 15 is 0 Å². The van der Waals surface area contributed by atoms with Crippen LogP contribution < -0.4 is 27.4 Å². The van der Waals surface area contributed by atoms with Gasteiger partial charge in [-0.1, -0.05) is 32.0 Å². The molecule has 1 aromatic heterocycles. The van der Waals surface area contributed by atoms with E-state index in [0.717, 1.165) is 16.5 Å². The van der Waals surface area contributed by atoms with Crippen molar-refractivity contribution in [3.8, 4) is 0 Å². The summed E-state index contributed by atoms with van der Waals surface area (Å²) in [5.41, 5.74) is 13.0. The van der Waals surface area contributed by atoms with E-state index in [0.29, 0.717) is 19.4 Å². The first kappa shape index (κ1) is 30.7. The molecule has 12 nitrogen and oxygen atoms in total. The highest BCUT2D eigenvalue weighted by Crippen LogP contribution is 2.19. The highest BCUT2D eigenvalue weighted by atomic mass is 16.4. The largest absolute Gasteiger partial charge is 0.480 e. The molecule has 0 aliphatic heterocycles. The summed E-state index contributed by atoms with van der Waals surface area (Å²) in [6, 6.07) is 2.78. The lowest BCUT2D eigenvalue weighted by atomic mass is 10.0. The number of benzene rings is 1. The molecule has 38 heavy (non-hydrogen) atoms. The van der Waals surface area contributed by atoms with Gasteiger partial charge in [-0.15, -0.1) is 0 Å². The average Bonchev–Trinajstić information content (AvgIpc) is 3.27. The van der Waals surface area contributed by atoms with Gasteiger partial charge in [0.15, 0.2) is 0 Å². The topological polar surface area (TPSA) is 213 Å². The Morgan fingerprint density at radius 2 is 1.61 bits per heavy atom. The zero-order chi connectivity index (χ0) is 28.4. The minimum absolute atomic E-state index is 0.0218. The number of H-pyrrole nitrogens is 1. The number of aromatic nitrogens is 1. The number of para-hydroxylation sites is 1. The first-order valence-corrected chi connectivity index (χ1v) is 12.8. The number of nitrogens with one attached hydrogen (secondary N) is 4. The number of aromatic amines is 1. The number of hydrogen-bond acceptors (Lipinski definition) is 7. The minimum atomic E-state index is -1.36. The molecule has 0 aliphatic carbocycles. The Bertz CT molecular complexity index is 1100. The van der Waals surface area contributed by atoms with E-state index in [9.17, 15) is 29.4 Å². The number of rotatable bonds is 15. The number of amides is 3. The number of aliphatic hydroxyl groups is 1. The third kappa shape index (κ3) is 8.54. The third-order valence-electron chi connectivity index (χ3n) is 6.38. The van der Waals surface area contributed by atoms with E-state index in [2.05, 4.69) is 20.9 Å². The molecule has 3 amide bonds. The van der Waals surface area contributed by atoms with Gasteiger partial charge >= 0.3 is 5.97 Å². The molecular formula is C26H40N6O6. The second kappa shape index (κ2) is 14.5. The average molecular weight is 533 g/mol. The predicted molar refractivity (Wildman–Crippen MR) is 143 cm³/mol. The van der Waals surface area contributed by atoms with Crippen LogP contribution in [0.15, 0.2) is 30.5 Å². The Labute approximate surface area is 221 Å². The summed E-state index contributed by atoms with van der Waals surface area (Å²) in [6.07, 6.45) is 1.69. The molecule has 0 spiro atoms. The Balaban J connectivity index is 2.18. The van der Waals surface area contributed by atoms with E-state index in [1.165, 1.54) is 6.92 Å². The quantitative estimate of drug-likeness (QED) is 0.143. The van der Waals surface area contributed by atoms with Crippen LogP contribution in [0.1, 0.15) is 45.6 Å². The number of carboxylic acid groups (broad SMARTS) is 1. The van der Waals surface area contributed by atoms with Gasteiger partial charge in [0.25, 0.3) is 0 Å². The van der Waals surface area contributed by atoms with Crippen molar-refractivity contribution in [1.29, 1.82) is 0 Å². The van der Waals surface area contributed by atoms with E-state index in [-0.39, 0.29) is 18.8 Å². The van der Waals surface area contributed by atoms with Crippen LogP contribution in [0.5, 0.6) is 0 Å². The zero-order valence-electron chi connectivity index (χ0n) is 22.1. The second-order valence-electron chi connectivity index (χ2n) is 9.81. The van der Waals surface area contributed by atoms with E-state index in [4.69, 9.17) is 11.5 Å². The standard InChI is InChI=1S/C26H40N6O6/c1-14(2)21(28)24(35)32-22(15(3)33)25(36)30-19(10-6-7-11-27)23(34)31-20(26(37)38)12-16-13-29-18-9-5-4-8-17(16)18/h4-5,8-9,13-15,19-22,29,33H,6-7,10-12,27-28H2,1-3H3,(H,30,36)(H,31,34)(H,32,35)(H,37,38). The molecule has 5 atom stereocenters. The maximum atomic E-state index is 13.2. The number of aliphatic hydroxyl groups excluding tert-OH is 1. The molecule has 12 heteroatoms. The van der Waals surface area contributed by atoms with Gasteiger partial charge in [0.05, 0.1) is 12.1 Å². The van der Waals surface area contributed by atoms with Gasteiger partial charge < -0.3 is 42.6 Å². The summed E-state index contributed by atoms with van der Waals surface area (Å²) in [4.78, 5) is 53.7. The zero-order valence-corrected chi connectivity index (χ0v) is 22.1. The van der Waals surface area contributed by atoms with Gasteiger partial charge in [0.1, 0.15) is 18.1 Å². The predicted octanol–water partition coefficient (Wildman–Crippen LogP) is -0.257. The van der Waals surface area contributed by atoms with E-state index in [1.54, 1.807) is 20.0 Å². The molecule has 0 fully saturated rings. The smallest absolute Gasteiger partial charge is 0.326 e. The molecule has 2 rings (SSSR count). The lowest BCUT2D eigenvalue weighted by molar-refractivity contribution is -0.142. The van der Waals surface area contributed by atoms with Crippen LogP contribution in [0.3, 0.4) is 0 Å². The Morgan fingerprint density at radius 3 is 2.21 bits per heavy atom. The van der Waals surface area contributed by atoms with E-state index in [1.807, 2.05) is 24.3 Å². The van der Waals surface area contributed by atoms with Crippen molar-refractivity contribution in [3.05, 3.63) is 36.0 Å². The lowest BCUT2D eigenvalue weighted by Crippen LogP contribution is -2.60. The maximum Gasteiger partial charge on any atom is 0.326 e. The van der Waals surface area contributed by atoms with Crippen LogP contribution in [-0.2, 0) is 25.6 Å². The normalized spacial score (nSPS) is 15.3. The third-order valence-corrected chi connectivity index (χ3v) is 6.38. The summed E-state index contributed by atoms with van der Waals surface area (Å²) in [7, 11) is 0. The van der Waals surface area contributed by atoms with Crippen LogP contribution >= 0.6 is 0 Å². The number of carboxylic acids is 1. The maximum absolute atomic E-state index is 13.2. The summed E-state index contributed by atoms with van der Waals surface area (Å²) < 4.78 is 0. The molecule has 0 bridgehead atoms. The number of fused-ring (bicyclic) bond motifs is 1. The van der Waals surface area contributed by atoms with Gasteiger partial charge in [-0.3, -0.25) is 14.4 Å². The van der Waals surface area contributed by atoms with Crippen molar-refractivity contribution in [2.45, 2.75) is 76.7 Å². The Morgan fingerprint density at radius 1 is 0.947 bits per heavy atom. The molecule has 10 N–H and O–H groups in total. The molecule has 5 unspecified atom stereocenters. The van der Waals surface area contributed by atoms with Gasteiger partial charge in [0.2, 0.25) is 17.7 Å². The lowest BCUT2D eigenvalue weighted by Gasteiger charge is -2.27. The second-order valence-corrected chi connectivity index (χ2v) is 9.81. The number of carbonyl (C=O) groups is 4. The van der Waals surface area contributed by atoms with Crippen molar-refractivity contribution in [3.63, 3.8) is 0 Å². The summed E-state index contributed by atoms with van der Waals surface area (Å²) in [5.74, 6) is -3.53. The SMILES string of the molecule is CC(C)C(N)C(=O)NC(C(=O)NC(CCCCN)C(=O)NC(Cc1c[nH]c2ccccc12)C(=O)O)C(C)O. The Kier molecular flexibility index (Phi) is 11.7. The summed E-state index contributed by atoms with van der Waals surface area (Å²) >= 11 is 0. The van der Waals surface area contributed by atoms with Crippen molar-refractivity contribution in [1.82, 2.24) is 20.9 Å². The van der Waals surface area contributed by atoms with E-state index < -0.39 is 54.0 Å². The highest BCUT2D eigenvalue weighted by molar-refractivity contribution is 5.94. The molecule has 0 radical (unpaired) electrons. The summed E-state index contributed by atoms with van der Waals surface area (Å²) in [5, 5.41) is 28.3. The molecule has 0 saturated heterocycles. The fraction of sp³-hybridized carbons (Fsp3) is 0.538. The molecular weight excluding hydrogens is 492 g/mol. The van der Waals surface area contributed by atoms with Crippen LogP contribution in [0.4, 0.5) is 0 Å². The van der Waals surface area contributed by atoms with Crippen LogP contribution in [-0.4, -0.2) is 75.7 Å². The van der Waals surface area contributed by atoms with Crippen LogP contribution in [0.25, 0.3) is 10.9 Å². The van der Waals surface area contributed by atoms with Crippen molar-refractivity contribution < 1.29 is 29.4 Å². The van der Waals surface area contributed by atoms with Gasteiger partial charge in [-0.05, 0) is 50.3 Å². The number of aliphatic carboxylic acids is 1. The van der Waals surface area contributed by atoms with Gasteiger partial charge in [0, 0.05) is 23.5 Å². The number of hydrogen-bond donors (Lipinski definition) is 8. The first-order chi connectivity index (χ1) is 18.0. The number of unbranched alkanes of at least 4 members (excludes halogenated alkanes) is 1. The van der Waals surface area contributed by atoms with Crippen molar-refractivity contribution in [2.75, 3.05) is 6.54 Å². The molecule has 210 valence electrons.